The van der Waals surface area contributed by atoms with Crippen LogP contribution in [0.1, 0.15) is 25.8 Å². The molecule has 1 rings (SSSR count). The van der Waals surface area contributed by atoms with E-state index in [2.05, 4.69) is 19.9 Å². The summed E-state index contributed by atoms with van der Waals surface area (Å²) in [5.74, 6) is 0.649. The molecule has 0 spiro atoms. The van der Waals surface area contributed by atoms with Crippen LogP contribution in [0.3, 0.4) is 0 Å². The van der Waals surface area contributed by atoms with Gasteiger partial charge in [0.2, 0.25) is 0 Å². The first-order valence-corrected chi connectivity index (χ1v) is 5.93. The maximum atomic E-state index is 6.04. The van der Waals surface area contributed by atoms with E-state index in [1.807, 2.05) is 18.2 Å². The summed E-state index contributed by atoms with van der Waals surface area (Å²) in [5.41, 5.74) is 1.17. The highest BCUT2D eigenvalue weighted by Gasteiger charge is 2.00. The van der Waals surface area contributed by atoms with Gasteiger partial charge in [-0.05, 0) is 24.0 Å². The zero-order valence-corrected chi connectivity index (χ0v) is 10.3. The molecule has 0 radical (unpaired) electrons. The Morgan fingerprint density at radius 3 is 2.73 bits per heavy atom. The molecule has 0 fully saturated rings. The monoisotopic (exact) mass is 226 g/mol. The molecule has 0 bridgehead atoms. The van der Waals surface area contributed by atoms with Crippen molar-refractivity contribution in [3.8, 4) is 0 Å². The number of hydrogen-bond donors (Lipinski definition) is 0. The van der Waals surface area contributed by atoms with Crippen molar-refractivity contribution in [1.82, 2.24) is 0 Å². The summed E-state index contributed by atoms with van der Waals surface area (Å²) in [6.45, 7) is 5.99. The maximum Gasteiger partial charge on any atom is 0.0507 e. The Labute approximate surface area is 97.4 Å². The van der Waals surface area contributed by atoms with Crippen molar-refractivity contribution in [1.29, 1.82) is 0 Å². The second-order valence-corrected chi connectivity index (χ2v) is 4.34. The molecule has 0 heterocycles. The van der Waals surface area contributed by atoms with Crippen molar-refractivity contribution in [2.24, 2.45) is 5.92 Å². The van der Waals surface area contributed by atoms with Crippen LogP contribution in [0.25, 0.3) is 0 Å². The molecule has 1 nitrogen and oxygen atoms in total. The molecule has 0 N–H and O–H groups in total. The van der Waals surface area contributed by atoms with Gasteiger partial charge in [0, 0.05) is 11.6 Å². The van der Waals surface area contributed by atoms with Crippen LogP contribution in [0.15, 0.2) is 24.3 Å². The Morgan fingerprint density at radius 2 is 2.07 bits per heavy atom. The van der Waals surface area contributed by atoms with Crippen molar-refractivity contribution >= 4 is 11.6 Å². The normalized spacial score (nSPS) is 12.7. The quantitative estimate of drug-likeness (QED) is 0.668. The molecule has 0 amide bonds. The van der Waals surface area contributed by atoms with Crippen molar-refractivity contribution < 1.29 is 4.74 Å². The van der Waals surface area contributed by atoms with E-state index in [0.717, 1.165) is 24.7 Å². The molecule has 0 saturated heterocycles. The second kappa shape index (κ2) is 6.86. The summed E-state index contributed by atoms with van der Waals surface area (Å²) in [7, 11) is 0. The minimum Gasteiger partial charge on any atom is -0.381 e. The Kier molecular flexibility index (Phi) is 5.74. The van der Waals surface area contributed by atoms with Gasteiger partial charge in [-0.3, -0.25) is 0 Å². The summed E-state index contributed by atoms with van der Waals surface area (Å²) >= 11 is 6.04. The van der Waals surface area contributed by atoms with Crippen LogP contribution in [-0.2, 0) is 11.2 Å². The molecule has 1 atom stereocenters. The molecule has 0 aliphatic rings. The highest BCUT2D eigenvalue weighted by Crippen LogP contribution is 2.15. The lowest BCUT2D eigenvalue weighted by Crippen LogP contribution is -2.07. The number of rotatable bonds is 6. The van der Waals surface area contributed by atoms with Crippen LogP contribution in [-0.4, -0.2) is 13.2 Å². The van der Waals surface area contributed by atoms with Crippen LogP contribution < -0.4 is 0 Å². The van der Waals surface area contributed by atoms with Crippen molar-refractivity contribution in [2.75, 3.05) is 13.2 Å². The van der Waals surface area contributed by atoms with E-state index in [1.165, 1.54) is 12.0 Å². The lowest BCUT2D eigenvalue weighted by atomic mass is 10.1. The molecule has 1 unspecified atom stereocenters. The van der Waals surface area contributed by atoms with Crippen molar-refractivity contribution in [3.05, 3.63) is 34.9 Å². The van der Waals surface area contributed by atoms with E-state index in [0.29, 0.717) is 5.92 Å². The zero-order valence-electron chi connectivity index (χ0n) is 9.50. The van der Waals surface area contributed by atoms with Gasteiger partial charge < -0.3 is 4.74 Å². The Hall–Kier alpha value is -0.530. The Bertz CT molecular complexity index is 286. The van der Waals surface area contributed by atoms with Gasteiger partial charge >= 0.3 is 0 Å². The van der Waals surface area contributed by atoms with E-state index < -0.39 is 0 Å². The van der Waals surface area contributed by atoms with E-state index >= 15 is 0 Å². The number of ether oxygens (including phenoxy) is 1. The third-order valence-electron chi connectivity index (χ3n) is 2.57. The van der Waals surface area contributed by atoms with E-state index in [9.17, 15) is 0 Å². The number of halogens is 1. The number of hydrogen-bond acceptors (Lipinski definition) is 1. The molecule has 1 aromatic carbocycles. The lowest BCUT2D eigenvalue weighted by molar-refractivity contribution is 0.106. The Balaban J connectivity index is 2.23. The fourth-order valence-electron chi connectivity index (χ4n) is 1.29. The SMILES string of the molecule is CCC(C)COCCc1ccccc1Cl. The number of benzene rings is 1. The molecule has 1 aromatic rings. The summed E-state index contributed by atoms with van der Waals surface area (Å²) < 4.78 is 5.59. The van der Waals surface area contributed by atoms with Crippen molar-refractivity contribution in [3.63, 3.8) is 0 Å². The molecular weight excluding hydrogens is 208 g/mol. The fourth-order valence-corrected chi connectivity index (χ4v) is 1.52. The van der Waals surface area contributed by atoms with Crippen LogP contribution in [0, 0.1) is 5.92 Å². The average molecular weight is 227 g/mol. The van der Waals surface area contributed by atoms with E-state index in [-0.39, 0.29) is 0 Å². The van der Waals surface area contributed by atoms with Gasteiger partial charge in [0.1, 0.15) is 0 Å². The Morgan fingerprint density at radius 1 is 1.33 bits per heavy atom. The largest absolute Gasteiger partial charge is 0.381 e. The van der Waals surface area contributed by atoms with Gasteiger partial charge in [0.05, 0.1) is 6.61 Å². The molecule has 2 heteroatoms. The minimum atomic E-state index is 0.649. The smallest absolute Gasteiger partial charge is 0.0507 e. The molecular formula is C13H19ClO. The predicted molar refractivity (Wildman–Crippen MR) is 65.4 cm³/mol. The molecule has 84 valence electrons. The maximum absolute atomic E-state index is 6.04. The van der Waals surface area contributed by atoms with Gasteiger partial charge in [-0.2, -0.15) is 0 Å². The summed E-state index contributed by atoms with van der Waals surface area (Å²) in [4.78, 5) is 0. The third kappa shape index (κ3) is 4.67. The molecule has 15 heavy (non-hydrogen) atoms. The molecule has 0 aliphatic heterocycles. The third-order valence-corrected chi connectivity index (χ3v) is 2.94. The van der Waals surface area contributed by atoms with E-state index in [4.69, 9.17) is 16.3 Å². The average Bonchev–Trinajstić information content (AvgIpc) is 2.26. The second-order valence-electron chi connectivity index (χ2n) is 3.93. The topological polar surface area (TPSA) is 9.23 Å². The van der Waals surface area contributed by atoms with Crippen LogP contribution in [0.2, 0.25) is 5.02 Å². The molecule has 0 aromatic heterocycles. The molecule has 0 aliphatic carbocycles. The first-order valence-electron chi connectivity index (χ1n) is 5.55. The van der Waals surface area contributed by atoms with Gasteiger partial charge in [0.15, 0.2) is 0 Å². The van der Waals surface area contributed by atoms with Gasteiger partial charge in [-0.1, -0.05) is 50.1 Å². The summed E-state index contributed by atoms with van der Waals surface area (Å²) in [5, 5.41) is 0.838. The first kappa shape index (κ1) is 12.5. The standard InChI is InChI=1S/C13H19ClO/c1-3-11(2)10-15-9-8-12-6-4-5-7-13(12)14/h4-7,11H,3,8-10H2,1-2H3. The lowest BCUT2D eigenvalue weighted by Gasteiger charge is -2.09. The predicted octanol–water partition coefficient (Wildman–Crippen LogP) is 3.95. The van der Waals surface area contributed by atoms with Gasteiger partial charge in [0.25, 0.3) is 0 Å². The van der Waals surface area contributed by atoms with Gasteiger partial charge in [-0.15, -0.1) is 0 Å². The van der Waals surface area contributed by atoms with Gasteiger partial charge in [-0.25, -0.2) is 0 Å². The highest BCUT2D eigenvalue weighted by molar-refractivity contribution is 6.31. The van der Waals surface area contributed by atoms with E-state index in [1.54, 1.807) is 0 Å². The summed E-state index contributed by atoms with van der Waals surface area (Å²) in [6, 6.07) is 7.93. The van der Waals surface area contributed by atoms with Crippen LogP contribution >= 0.6 is 11.6 Å². The summed E-state index contributed by atoms with van der Waals surface area (Å²) in [6.07, 6.45) is 2.07. The molecule has 0 saturated carbocycles. The first-order chi connectivity index (χ1) is 7.24. The van der Waals surface area contributed by atoms with Crippen LogP contribution in [0.4, 0.5) is 0 Å². The highest BCUT2D eigenvalue weighted by atomic mass is 35.5. The fraction of sp³-hybridized carbons (Fsp3) is 0.538. The van der Waals surface area contributed by atoms with Crippen molar-refractivity contribution in [2.45, 2.75) is 26.7 Å². The minimum absolute atomic E-state index is 0.649. The van der Waals surface area contributed by atoms with Crippen LogP contribution in [0.5, 0.6) is 0 Å². The zero-order chi connectivity index (χ0) is 11.1.